The highest BCUT2D eigenvalue weighted by Crippen LogP contribution is 2.33. The zero-order valence-electron chi connectivity index (χ0n) is 18.0. The summed E-state index contributed by atoms with van der Waals surface area (Å²) in [5, 5.41) is 4.37. The van der Waals surface area contributed by atoms with E-state index in [9.17, 15) is 18.8 Å². The van der Waals surface area contributed by atoms with E-state index in [1.54, 1.807) is 23.4 Å². The maximum absolute atomic E-state index is 13.5. The van der Waals surface area contributed by atoms with Crippen molar-refractivity contribution in [1.82, 2.24) is 14.7 Å². The van der Waals surface area contributed by atoms with Gasteiger partial charge in [0.1, 0.15) is 24.2 Å². The number of ketones is 2. The maximum atomic E-state index is 13.5. The lowest BCUT2D eigenvalue weighted by Crippen LogP contribution is -2.47. The molecule has 0 bridgehead atoms. The number of piperidine rings is 1. The molecule has 1 fully saturated rings. The van der Waals surface area contributed by atoms with Crippen LogP contribution in [0.1, 0.15) is 58.3 Å². The standard InChI is InChI=1S/C23H26FN3O4/c1-13-23(15(3)28)14(2)27(25-13)12-22(30)26-8-4-5-16(11-26)21-10-19(29)18-9-17(24)6-7-20(18)31-21/h6-7,9,16,21H,4-5,8,10-12H2,1-3H3. The average Bonchev–Trinajstić information content (AvgIpc) is 3.01. The number of hydrogen-bond acceptors (Lipinski definition) is 5. The van der Waals surface area contributed by atoms with E-state index in [2.05, 4.69) is 5.10 Å². The fraction of sp³-hybridized carbons (Fsp3) is 0.478. The summed E-state index contributed by atoms with van der Waals surface area (Å²) < 4.78 is 21.1. The van der Waals surface area contributed by atoms with Crippen molar-refractivity contribution in [1.29, 1.82) is 0 Å². The van der Waals surface area contributed by atoms with E-state index in [0.29, 0.717) is 35.8 Å². The van der Waals surface area contributed by atoms with Gasteiger partial charge in [-0.25, -0.2) is 4.39 Å². The molecule has 0 spiro atoms. The fourth-order valence-corrected chi connectivity index (χ4v) is 4.71. The number of Topliss-reactive ketones (excluding diaryl/α,β-unsaturated/α-hetero) is 2. The number of amides is 1. The number of halogens is 1. The van der Waals surface area contributed by atoms with Crippen molar-refractivity contribution < 1.29 is 23.5 Å². The van der Waals surface area contributed by atoms with Gasteiger partial charge in [0, 0.05) is 31.1 Å². The number of aryl methyl sites for hydroxylation is 1. The molecule has 1 saturated heterocycles. The van der Waals surface area contributed by atoms with Crippen molar-refractivity contribution in [3.05, 3.63) is 46.5 Å². The van der Waals surface area contributed by atoms with Crippen LogP contribution >= 0.6 is 0 Å². The summed E-state index contributed by atoms with van der Waals surface area (Å²) in [5.74, 6) is -0.297. The molecule has 164 valence electrons. The number of nitrogens with zero attached hydrogens (tertiary/aromatic N) is 3. The van der Waals surface area contributed by atoms with Gasteiger partial charge in [-0.1, -0.05) is 0 Å². The topological polar surface area (TPSA) is 81.5 Å². The first-order valence-corrected chi connectivity index (χ1v) is 10.6. The largest absolute Gasteiger partial charge is 0.489 e. The second kappa shape index (κ2) is 8.24. The molecule has 8 heteroatoms. The van der Waals surface area contributed by atoms with Gasteiger partial charge in [0.15, 0.2) is 11.6 Å². The van der Waals surface area contributed by atoms with E-state index in [-0.39, 0.29) is 48.0 Å². The van der Waals surface area contributed by atoms with Gasteiger partial charge >= 0.3 is 0 Å². The van der Waals surface area contributed by atoms with Gasteiger partial charge in [-0.05, 0) is 51.8 Å². The fourth-order valence-electron chi connectivity index (χ4n) is 4.71. The predicted molar refractivity (Wildman–Crippen MR) is 111 cm³/mol. The van der Waals surface area contributed by atoms with Crippen LogP contribution in [0.4, 0.5) is 4.39 Å². The Labute approximate surface area is 180 Å². The highest BCUT2D eigenvalue weighted by molar-refractivity contribution is 6.00. The Morgan fingerprint density at radius 3 is 2.77 bits per heavy atom. The number of ether oxygens (including phenoxy) is 1. The van der Waals surface area contributed by atoms with Crippen LogP contribution in [-0.2, 0) is 11.3 Å². The summed E-state index contributed by atoms with van der Waals surface area (Å²) in [6.07, 6.45) is 1.52. The van der Waals surface area contributed by atoms with Crippen LogP contribution in [0.3, 0.4) is 0 Å². The average molecular weight is 427 g/mol. The van der Waals surface area contributed by atoms with E-state index in [1.807, 2.05) is 0 Å². The predicted octanol–water partition coefficient (Wildman–Crippen LogP) is 3.11. The van der Waals surface area contributed by atoms with Crippen LogP contribution in [0.15, 0.2) is 18.2 Å². The summed E-state index contributed by atoms with van der Waals surface area (Å²) in [4.78, 5) is 39.1. The van der Waals surface area contributed by atoms with Crippen molar-refractivity contribution in [3.63, 3.8) is 0 Å². The molecule has 0 aliphatic carbocycles. The molecule has 1 amide bonds. The number of hydrogen-bond donors (Lipinski definition) is 0. The minimum absolute atomic E-state index is 0.0214. The molecule has 2 aliphatic rings. The van der Waals surface area contributed by atoms with Crippen molar-refractivity contribution in [2.45, 2.75) is 52.7 Å². The minimum atomic E-state index is -0.458. The summed E-state index contributed by atoms with van der Waals surface area (Å²) in [6, 6.07) is 4.00. The summed E-state index contributed by atoms with van der Waals surface area (Å²) in [6.45, 7) is 6.26. The van der Waals surface area contributed by atoms with Crippen LogP contribution in [0.2, 0.25) is 0 Å². The lowest BCUT2D eigenvalue weighted by atomic mass is 9.87. The lowest BCUT2D eigenvalue weighted by Gasteiger charge is -2.38. The third kappa shape index (κ3) is 4.11. The second-order valence-corrected chi connectivity index (χ2v) is 8.43. The van der Waals surface area contributed by atoms with E-state index >= 15 is 0 Å². The first-order valence-electron chi connectivity index (χ1n) is 10.6. The van der Waals surface area contributed by atoms with E-state index in [4.69, 9.17) is 4.74 Å². The van der Waals surface area contributed by atoms with Gasteiger partial charge in [-0.3, -0.25) is 19.1 Å². The smallest absolute Gasteiger partial charge is 0.244 e. The van der Waals surface area contributed by atoms with Crippen molar-refractivity contribution in [2.24, 2.45) is 5.92 Å². The first kappa shape index (κ1) is 21.2. The van der Waals surface area contributed by atoms with E-state index in [0.717, 1.165) is 12.8 Å². The van der Waals surface area contributed by atoms with Gasteiger partial charge in [0.2, 0.25) is 5.91 Å². The molecule has 1 aromatic carbocycles. The van der Waals surface area contributed by atoms with Crippen LogP contribution in [0, 0.1) is 25.6 Å². The monoisotopic (exact) mass is 427 g/mol. The summed E-state index contributed by atoms with van der Waals surface area (Å²) >= 11 is 0. The van der Waals surface area contributed by atoms with Crippen molar-refractivity contribution in [3.8, 4) is 5.75 Å². The molecule has 2 atom stereocenters. The number of rotatable bonds is 4. The Morgan fingerprint density at radius 1 is 1.29 bits per heavy atom. The molecule has 2 aliphatic heterocycles. The zero-order valence-corrected chi connectivity index (χ0v) is 18.0. The minimum Gasteiger partial charge on any atom is -0.489 e. The van der Waals surface area contributed by atoms with Gasteiger partial charge < -0.3 is 9.64 Å². The summed E-state index contributed by atoms with van der Waals surface area (Å²) in [7, 11) is 0. The Bertz CT molecular complexity index is 1060. The molecule has 3 heterocycles. The van der Waals surface area contributed by atoms with Gasteiger partial charge in [-0.15, -0.1) is 0 Å². The molecule has 1 aromatic heterocycles. The Hall–Kier alpha value is -3.03. The van der Waals surface area contributed by atoms with E-state index in [1.165, 1.54) is 25.1 Å². The Kier molecular flexibility index (Phi) is 5.64. The molecule has 2 aromatic rings. The Balaban J connectivity index is 1.45. The maximum Gasteiger partial charge on any atom is 0.244 e. The molecule has 31 heavy (non-hydrogen) atoms. The molecule has 7 nitrogen and oxygen atoms in total. The van der Waals surface area contributed by atoms with Crippen LogP contribution in [0.25, 0.3) is 0 Å². The highest BCUT2D eigenvalue weighted by Gasteiger charge is 2.36. The third-order valence-corrected chi connectivity index (χ3v) is 6.26. The first-order chi connectivity index (χ1) is 14.7. The van der Waals surface area contributed by atoms with Gasteiger partial charge in [0.05, 0.1) is 16.8 Å². The molecule has 4 rings (SSSR count). The van der Waals surface area contributed by atoms with Crippen LogP contribution < -0.4 is 4.74 Å². The third-order valence-electron chi connectivity index (χ3n) is 6.26. The number of carbonyl (C=O) groups is 3. The quantitative estimate of drug-likeness (QED) is 0.701. The molecular weight excluding hydrogens is 401 g/mol. The van der Waals surface area contributed by atoms with E-state index < -0.39 is 5.82 Å². The molecule has 0 saturated carbocycles. The summed E-state index contributed by atoms with van der Waals surface area (Å²) in [5.41, 5.74) is 2.16. The SMILES string of the molecule is CC(=O)c1c(C)nn(CC(=O)N2CCCC(C3CC(=O)c4cc(F)ccc4O3)C2)c1C. The number of aromatic nitrogens is 2. The second-order valence-electron chi connectivity index (χ2n) is 8.43. The number of carbonyl (C=O) groups excluding carboxylic acids is 3. The molecule has 2 unspecified atom stereocenters. The van der Waals surface area contributed by atoms with Crippen molar-refractivity contribution >= 4 is 17.5 Å². The number of fused-ring (bicyclic) bond motifs is 1. The number of likely N-dealkylation sites (tertiary alicyclic amines) is 1. The van der Waals surface area contributed by atoms with Crippen LogP contribution in [0.5, 0.6) is 5.75 Å². The van der Waals surface area contributed by atoms with Gasteiger partial charge in [-0.2, -0.15) is 5.10 Å². The number of benzene rings is 1. The molecule has 0 radical (unpaired) electrons. The Morgan fingerprint density at radius 2 is 2.06 bits per heavy atom. The highest BCUT2D eigenvalue weighted by atomic mass is 19.1. The normalized spacial score (nSPS) is 20.9. The molecular formula is C23H26FN3O4. The molecule has 0 N–H and O–H groups in total. The van der Waals surface area contributed by atoms with Gasteiger partial charge in [0.25, 0.3) is 0 Å². The zero-order chi connectivity index (χ0) is 22.3. The lowest BCUT2D eigenvalue weighted by molar-refractivity contribution is -0.134. The van der Waals surface area contributed by atoms with Crippen molar-refractivity contribution in [2.75, 3.05) is 13.1 Å². The van der Waals surface area contributed by atoms with Crippen LogP contribution in [-0.4, -0.2) is 51.3 Å².